The number of fused-ring (bicyclic) bond motifs is 1. The van der Waals surface area contributed by atoms with Gasteiger partial charge in [0.25, 0.3) is 0 Å². The highest BCUT2D eigenvalue weighted by Crippen LogP contribution is 2.32. The Kier molecular flexibility index (Phi) is 3.92. The first-order chi connectivity index (χ1) is 10.2. The summed E-state index contributed by atoms with van der Waals surface area (Å²) in [5, 5.41) is 2.63. The first kappa shape index (κ1) is 14.1. The standard InChI is InChI=1S/C16H18N2O2S/c1-3-20-16(19)13-10-21-15(17-13)12-6-7-14-11(9-12)5-4-8-18(14)2/h6-7,9-10H,3-5,8H2,1-2H3. The fourth-order valence-corrected chi connectivity index (χ4v) is 3.41. The molecule has 1 aliphatic rings. The zero-order valence-corrected chi connectivity index (χ0v) is 13.1. The number of rotatable bonds is 3. The van der Waals surface area contributed by atoms with Crippen LogP contribution in [0.4, 0.5) is 5.69 Å². The van der Waals surface area contributed by atoms with E-state index in [0.717, 1.165) is 23.5 Å². The van der Waals surface area contributed by atoms with Gasteiger partial charge in [0.15, 0.2) is 5.69 Å². The van der Waals surface area contributed by atoms with Gasteiger partial charge in [-0.1, -0.05) is 0 Å². The van der Waals surface area contributed by atoms with Gasteiger partial charge in [0.05, 0.1) is 6.61 Å². The maximum Gasteiger partial charge on any atom is 0.357 e. The summed E-state index contributed by atoms with van der Waals surface area (Å²) in [5.74, 6) is -0.349. The molecule has 1 aromatic carbocycles. The molecule has 110 valence electrons. The number of hydrogen-bond acceptors (Lipinski definition) is 5. The van der Waals surface area contributed by atoms with Gasteiger partial charge in [-0.2, -0.15) is 0 Å². The third-order valence-corrected chi connectivity index (χ3v) is 4.56. The molecular formula is C16H18N2O2S. The third kappa shape index (κ3) is 2.78. The van der Waals surface area contributed by atoms with Crippen LogP contribution < -0.4 is 4.90 Å². The molecule has 0 spiro atoms. The normalized spacial score (nSPS) is 13.9. The van der Waals surface area contributed by atoms with Crippen LogP contribution in [-0.2, 0) is 11.2 Å². The van der Waals surface area contributed by atoms with E-state index in [-0.39, 0.29) is 5.97 Å². The topological polar surface area (TPSA) is 42.4 Å². The molecule has 0 saturated heterocycles. The van der Waals surface area contributed by atoms with E-state index in [2.05, 4.69) is 35.1 Å². The molecule has 0 amide bonds. The lowest BCUT2D eigenvalue weighted by Gasteiger charge is -2.27. The fourth-order valence-electron chi connectivity index (χ4n) is 2.62. The van der Waals surface area contributed by atoms with E-state index in [0.29, 0.717) is 12.3 Å². The number of carbonyl (C=O) groups excluding carboxylic acids is 1. The van der Waals surface area contributed by atoms with Crippen molar-refractivity contribution in [2.24, 2.45) is 0 Å². The van der Waals surface area contributed by atoms with Crippen LogP contribution >= 0.6 is 11.3 Å². The van der Waals surface area contributed by atoms with Crippen LogP contribution in [0.5, 0.6) is 0 Å². The summed E-state index contributed by atoms with van der Waals surface area (Å²) in [7, 11) is 2.12. The Morgan fingerprint density at radius 2 is 2.33 bits per heavy atom. The fraction of sp³-hybridized carbons (Fsp3) is 0.375. The van der Waals surface area contributed by atoms with Gasteiger partial charge >= 0.3 is 5.97 Å². The monoisotopic (exact) mass is 302 g/mol. The smallest absolute Gasteiger partial charge is 0.357 e. The molecule has 0 saturated carbocycles. The Labute approximate surface area is 128 Å². The van der Waals surface area contributed by atoms with Crippen LogP contribution in [0.15, 0.2) is 23.6 Å². The number of thiazole rings is 1. The number of carbonyl (C=O) groups is 1. The van der Waals surface area contributed by atoms with E-state index in [1.165, 1.54) is 29.0 Å². The molecule has 3 rings (SSSR count). The number of aromatic nitrogens is 1. The Morgan fingerprint density at radius 3 is 3.14 bits per heavy atom. The molecule has 0 N–H and O–H groups in total. The predicted molar refractivity (Wildman–Crippen MR) is 85.1 cm³/mol. The van der Waals surface area contributed by atoms with E-state index in [4.69, 9.17) is 4.74 Å². The average molecular weight is 302 g/mol. The lowest BCUT2D eigenvalue weighted by molar-refractivity contribution is 0.0520. The Hall–Kier alpha value is -1.88. The highest BCUT2D eigenvalue weighted by molar-refractivity contribution is 7.13. The van der Waals surface area contributed by atoms with E-state index in [1.54, 1.807) is 12.3 Å². The summed E-state index contributed by atoms with van der Waals surface area (Å²) in [6, 6.07) is 6.42. The van der Waals surface area contributed by atoms with Crippen LogP contribution in [0.1, 0.15) is 29.4 Å². The second-order valence-electron chi connectivity index (χ2n) is 5.13. The number of benzene rings is 1. The van der Waals surface area contributed by atoms with Crippen molar-refractivity contribution in [3.8, 4) is 10.6 Å². The van der Waals surface area contributed by atoms with E-state index in [1.807, 2.05) is 0 Å². The van der Waals surface area contributed by atoms with Gasteiger partial charge in [-0.15, -0.1) is 11.3 Å². The zero-order chi connectivity index (χ0) is 14.8. The van der Waals surface area contributed by atoms with Crippen molar-refractivity contribution in [2.75, 3.05) is 25.1 Å². The first-order valence-electron chi connectivity index (χ1n) is 7.16. The van der Waals surface area contributed by atoms with Crippen molar-refractivity contribution in [1.29, 1.82) is 0 Å². The summed E-state index contributed by atoms with van der Waals surface area (Å²) < 4.78 is 4.98. The molecule has 0 bridgehead atoms. The van der Waals surface area contributed by atoms with Gasteiger partial charge < -0.3 is 9.64 Å². The van der Waals surface area contributed by atoms with Gasteiger partial charge in [0.2, 0.25) is 0 Å². The predicted octanol–water partition coefficient (Wildman–Crippen LogP) is 3.37. The Morgan fingerprint density at radius 1 is 1.48 bits per heavy atom. The highest BCUT2D eigenvalue weighted by atomic mass is 32.1. The summed E-state index contributed by atoms with van der Waals surface area (Å²) in [6.45, 7) is 3.28. The lowest BCUT2D eigenvalue weighted by Crippen LogP contribution is -2.24. The minimum atomic E-state index is -0.349. The molecule has 2 aromatic rings. The van der Waals surface area contributed by atoms with Gasteiger partial charge in [-0.05, 0) is 43.5 Å². The number of esters is 1. The van der Waals surface area contributed by atoms with Crippen molar-refractivity contribution >= 4 is 23.0 Å². The zero-order valence-electron chi connectivity index (χ0n) is 12.3. The van der Waals surface area contributed by atoms with Crippen molar-refractivity contribution in [3.05, 3.63) is 34.8 Å². The number of nitrogens with zero attached hydrogens (tertiary/aromatic N) is 2. The van der Waals surface area contributed by atoms with Crippen LogP contribution in [0.3, 0.4) is 0 Å². The third-order valence-electron chi connectivity index (χ3n) is 3.67. The largest absolute Gasteiger partial charge is 0.461 e. The maximum absolute atomic E-state index is 11.7. The average Bonchev–Trinajstić information content (AvgIpc) is 2.97. The van der Waals surface area contributed by atoms with Gasteiger partial charge in [-0.3, -0.25) is 0 Å². The molecule has 0 unspecified atom stereocenters. The van der Waals surface area contributed by atoms with Gasteiger partial charge in [-0.25, -0.2) is 9.78 Å². The second kappa shape index (κ2) is 5.85. The number of ether oxygens (including phenoxy) is 1. The minimum absolute atomic E-state index is 0.349. The van der Waals surface area contributed by atoms with Crippen LogP contribution in [0.2, 0.25) is 0 Å². The van der Waals surface area contributed by atoms with E-state index in [9.17, 15) is 4.79 Å². The lowest BCUT2D eigenvalue weighted by atomic mass is 10.00. The minimum Gasteiger partial charge on any atom is -0.461 e. The van der Waals surface area contributed by atoms with E-state index >= 15 is 0 Å². The second-order valence-corrected chi connectivity index (χ2v) is 5.99. The molecule has 21 heavy (non-hydrogen) atoms. The number of anilines is 1. The highest BCUT2D eigenvalue weighted by Gasteiger charge is 2.16. The van der Waals surface area contributed by atoms with Crippen molar-refractivity contribution in [1.82, 2.24) is 4.98 Å². The first-order valence-corrected chi connectivity index (χ1v) is 8.04. The van der Waals surface area contributed by atoms with Gasteiger partial charge in [0.1, 0.15) is 5.01 Å². The van der Waals surface area contributed by atoms with Crippen molar-refractivity contribution in [3.63, 3.8) is 0 Å². The summed E-state index contributed by atoms with van der Waals surface area (Å²) >= 11 is 1.48. The van der Waals surface area contributed by atoms with Crippen molar-refractivity contribution < 1.29 is 9.53 Å². The molecule has 0 radical (unpaired) electrons. The molecule has 2 heterocycles. The van der Waals surface area contributed by atoms with Crippen LogP contribution in [-0.4, -0.2) is 31.2 Å². The van der Waals surface area contributed by atoms with Crippen LogP contribution in [0.25, 0.3) is 10.6 Å². The summed E-state index contributed by atoms with van der Waals surface area (Å²) in [6.07, 6.45) is 2.28. The van der Waals surface area contributed by atoms with E-state index < -0.39 is 0 Å². The molecule has 1 aromatic heterocycles. The molecule has 0 aliphatic carbocycles. The molecule has 5 heteroatoms. The number of aryl methyl sites for hydroxylation is 1. The molecule has 0 atom stereocenters. The molecule has 1 aliphatic heterocycles. The summed E-state index contributed by atoms with van der Waals surface area (Å²) in [5.41, 5.74) is 4.12. The molecule has 0 fully saturated rings. The Balaban J connectivity index is 1.89. The van der Waals surface area contributed by atoms with Crippen LogP contribution in [0, 0.1) is 0 Å². The molecular weight excluding hydrogens is 284 g/mol. The SMILES string of the molecule is CCOC(=O)c1csc(-c2ccc3c(c2)CCCN3C)n1. The molecule has 4 nitrogen and oxygen atoms in total. The maximum atomic E-state index is 11.7. The number of hydrogen-bond donors (Lipinski definition) is 0. The Bertz CT molecular complexity index is 666. The van der Waals surface area contributed by atoms with Crippen molar-refractivity contribution in [2.45, 2.75) is 19.8 Å². The van der Waals surface area contributed by atoms with Gasteiger partial charge in [0, 0.05) is 30.2 Å². The summed E-state index contributed by atoms with van der Waals surface area (Å²) in [4.78, 5) is 18.4. The quantitative estimate of drug-likeness (QED) is 0.815.